The maximum Gasteiger partial charge on any atom is 0.203 e. The number of nitrogens with zero attached hydrogens (tertiary/aromatic N) is 3. The minimum Gasteiger partial charge on any atom is -0.351 e. The van der Waals surface area contributed by atoms with Gasteiger partial charge in [0.15, 0.2) is 11.6 Å². The number of hydrogen-bond acceptors (Lipinski definition) is 6. The molecule has 0 radical (unpaired) electrons. The van der Waals surface area contributed by atoms with Gasteiger partial charge in [-0.3, -0.25) is 0 Å². The summed E-state index contributed by atoms with van der Waals surface area (Å²) in [4.78, 5) is 10.6. The lowest BCUT2D eigenvalue weighted by Gasteiger charge is -2.26. The fourth-order valence-corrected chi connectivity index (χ4v) is 1.84. The van der Waals surface area contributed by atoms with Gasteiger partial charge in [-0.05, 0) is 19.9 Å². The van der Waals surface area contributed by atoms with Gasteiger partial charge < -0.3 is 10.1 Å². The van der Waals surface area contributed by atoms with Crippen LogP contribution in [0.1, 0.15) is 13.3 Å². The van der Waals surface area contributed by atoms with Crippen molar-refractivity contribution in [1.82, 2.24) is 10.3 Å². The molecule has 0 amide bonds. The van der Waals surface area contributed by atoms with Gasteiger partial charge in [-0.2, -0.15) is 0 Å². The molecule has 0 spiro atoms. The van der Waals surface area contributed by atoms with Gasteiger partial charge in [0.2, 0.25) is 6.23 Å². The highest BCUT2D eigenvalue weighted by Gasteiger charge is 2.35. The molecule has 0 bridgehead atoms. The predicted molar refractivity (Wildman–Crippen MR) is 52.6 cm³/mol. The monoisotopic (exact) mass is 210 g/mol. The minimum absolute atomic E-state index is 0.240. The van der Waals surface area contributed by atoms with E-state index in [1.54, 1.807) is 11.0 Å². The number of ether oxygens (including phenoxy) is 1. The van der Waals surface area contributed by atoms with Crippen molar-refractivity contribution in [3.63, 3.8) is 0 Å². The van der Waals surface area contributed by atoms with Crippen LogP contribution in [0.15, 0.2) is 16.0 Å². The topological polar surface area (TPSA) is 66.3 Å². The number of rotatable bonds is 3. The molecule has 6 heteroatoms. The third-order valence-corrected chi connectivity index (χ3v) is 2.57. The fourth-order valence-electron chi connectivity index (χ4n) is 1.84. The maximum atomic E-state index is 10.6. The lowest BCUT2D eigenvalue weighted by molar-refractivity contribution is -0.0348. The van der Waals surface area contributed by atoms with Crippen molar-refractivity contribution in [1.29, 1.82) is 0 Å². The molecule has 2 atom stereocenters. The molecule has 1 N–H and O–H groups in total. The van der Waals surface area contributed by atoms with Crippen molar-refractivity contribution in [3.05, 3.63) is 5.70 Å². The summed E-state index contributed by atoms with van der Waals surface area (Å²) >= 11 is 0. The summed E-state index contributed by atoms with van der Waals surface area (Å²) in [5.74, 6) is 1.77. The standard InChI is InChI=1S/C9H14N4O2/c1-2-15-9-8(6-14)11-12-13(9)7-3-4-10-5-7/h7,9-10H,2-5H2,1H3. The van der Waals surface area contributed by atoms with Crippen LogP contribution in [-0.4, -0.2) is 42.9 Å². The van der Waals surface area contributed by atoms with Gasteiger partial charge in [-0.25, -0.2) is 9.80 Å². The van der Waals surface area contributed by atoms with Gasteiger partial charge in [0.25, 0.3) is 0 Å². The first-order chi connectivity index (χ1) is 7.36. The van der Waals surface area contributed by atoms with E-state index in [1.807, 2.05) is 6.92 Å². The van der Waals surface area contributed by atoms with Gasteiger partial charge in [-0.15, -0.1) is 5.11 Å². The molecule has 0 saturated carbocycles. The smallest absolute Gasteiger partial charge is 0.203 e. The van der Waals surface area contributed by atoms with Crippen LogP contribution in [0, 0.1) is 0 Å². The van der Waals surface area contributed by atoms with E-state index < -0.39 is 6.23 Å². The van der Waals surface area contributed by atoms with Crippen LogP contribution < -0.4 is 5.32 Å². The largest absolute Gasteiger partial charge is 0.351 e. The van der Waals surface area contributed by atoms with E-state index in [9.17, 15) is 4.79 Å². The van der Waals surface area contributed by atoms with Crippen molar-refractivity contribution in [2.24, 2.45) is 10.3 Å². The van der Waals surface area contributed by atoms with E-state index in [-0.39, 0.29) is 11.7 Å². The molecule has 0 aromatic carbocycles. The zero-order valence-electron chi connectivity index (χ0n) is 8.64. The Kier molecular flexibility index (Phi) is 3.11. The summed E-state index contributed by atoms with van der Waals surface area (Å²) < 4.78 is 5.44. The summed E-state index contributed by atoms with van der Waals surface area (Å²) in [6.07, 6.45) is 0.548. The summed E-state index contributed by atoms with van der Waals surface area (Å²) in [6, 6.07) is 0.260. The summed E-state index contributed by atoms with van der Waals surface area (Å²) in [7, 11) is 0. The van der Waals surface area contributed by atoms with Gasteiger partial charge in [0.1, 0.15) is 0 Å². The molecule has 15 heavy (non-hydrogen) atoms. The van der Waals surface area contributed by atoms with E-state index in [2.05, 4.69) is 15.7 Å². The zero-order valence-corrected chi connectivity index (χ0v) is 8.64. The van der Waals surface area contributed by atoms with Crippen molar-refractivity contribution in [2.75, 3.05) is 19.7 Å². The van der Waals surface area contributed by atoms with Crippen LogP contribution in [0.3, 0.4) is 0 Å². The van der Waals surface area contributed by atoms with Gasteiger partial charge in [0.05, 0.1) is 6.04 Å². The van der Waals surface area contributed by atoms with Crippen molar-refractivity contribution >= 4 is 5.94 Å². The second-order valence-electron chi connectivity index (χ2n) is 3.51. The number of carbonyl (C=O) groups excluding carboxylic acids is 1. The second kappa shape index (κ2) is 4.53. The van der Waals surface area contributed by atoms with E-state index in [0.29, 0.717) is 6.61 Å². The van der Waals surface area contributed by atoms with Crippen LogP contribution in [0.4, 0.5) is 0 Å². The second-order valence-corrected chi connectivity index (χ2v) is 3.51. The summed E-state index contributed by atoms with van der Waals surface area (Å²) in [5.41, 5.74) is 0.240. The lowest BCUT2D eigenvalue weighted by Crippen LogP contribution is -2.40. The van der Waals surface area contributed by atoms with Crippen LogP contribution in [-0.2, 0) is 9.53 Å². The highest BCUT2D eigenvalue weighted by atomic mass is 16.5. The third kappa shape index (κ3) is 1.92. The molecule has 2 unspecified atom stereocenters. The van der Waals surface area contributed by atoms with Gasteiger partial charge in [0, 0.05) is 13.2 Å². The molecule has 0 aromatic heterocycles. The molecule has 1 fully saturated rings. The first-order valence-electron chi connectivity index (χ1n) is 5.14. The van der Waals surface area contributed by atoms with E-state index in [1.165, 1.54) is 0 Å². The Morgan fingerprint density at radius 2 is 2.60 bits per heavy atom. The third-order valence-electron chi connectivity index (χ3n) is 2.57. The first-order valence-corrected chi connectivity index (χ1v) is 5.14. The van der Waals surface area contributed by atoms with Crippen LogP contribution in [0.5, 0.6) is 0 Å². The molecule has 2 aliphatic rings. The molecule has 2 rings (SSSR count). The summed E-state index contributed by atoms with van der Waals surface area (Å²) in [6.45, 7) is 4.23. The SMILES string of the molecule is CCOC1C(=C=O)N=NN1C1CCNC1. The van der Waals surface area contributed by atoms with E-state index in [4.69, 9.17) is 4.74 Å². The van der Waals surface area contributed by atoms with Crippen molar-refractivity contribution < 1.29 is 9.53 Å². The van der Waals surface area contributed by atoms with Crippen LogP contribution in [0.2, 0.25) is 0 Å². The Morgan fingerprint density at radius 3 is 3.20 bits per heavy atom. The highest BCUT2D eigenvalue weighted by Crippen LogP contribution is 2.25. The van der Waals surface area contributed by atoms with Crippen molar-refractivity contribution in [3.8, 4) is 0 Å². The van der Waals surface area contributed by atoms with Crippen LogP contribution in [0.25, 0.3) is 0 Å². The van der Waals surface area contributed by atoms with E-state index in [0.717, 1.165) is 19.5 Å². The molecule has 2 heterocycles. The molecule has 0 aromatic rings. The molecular weight excluding hydrogens is 196 g/mol. The molecule has 82 valence electrons. The predicted octanol–water partition coefficient (Wildman–Crippen LogP) is 0.109. The Morgan fingerprint density at radius 1 is 1.73 bits per heavy atom. The molecular formula is C9H14N4O2. The quantitative estimate of drug-likeness (QED) is 0.671. The average molecular weight is 210 g/mol. The molecule has 6 nitrogen and oxygen atoms in total. The van der Waals surface area contributed by atoms with Crippen molar-refractivity contribution in [2.45, 2.75) is 25.6 Å². The van der Waals surface area contributed by atoms with Gasteiger partial charge in [-0.1, -0.05) is 5.22 Å². The zero-order chi connectivity index (χ0) is 10.7. The van der Waals surface area contributed by atoms with Crippen LogP contribution >= 0.6 is 0 Å². The van der Waals surface area contributed by atoms with Gasteiger partial charge >= 0.3 is 0 Å². The fraction of sp³-hybridized carbons (Fsp3) is 0.778. The average Bonchev–Trinajstić information content (AvgIpc) is 2.85. The normalized spacial score (nSPS) is 29.9. The first kappa shape index (κ1) is 10.3. The number of hydrogen-bond donors (Lipinski definition) is 1. The summed E-state index contributed by atoms with van der Waals surface area (Å²) in [5, 5.41) is 12.7. The lowest BCUT2D eigenvalue weighted by atomic mass is 10.2. The molecule has 2 aliphatic heterocycles. The Labute approximate surface area is 88.0 Å². The minimum atomic E-state index is -0.447. The van der Waals surface area contributed by atoms with E-state index >= 15 is 0 Å². The Balaban J connectivity index is 2.10. The molecule has 0 aliphatic carbocycles. The maximum absolute atomic E-state index is 10.6. The Hall–Kier alpha value is -1.23. The Bertz CT molecular complexity index is 305. The molecule has 1 saturated heterocycles. The highest BCUT2D eigenvalue weighted by molar-refractivity contribution is 5.53. The number of nitrogens with one attached hydrogen (secondary N) is 1.